The number of nitrogens with zero attached hydrogens (tertiary/aromatic N) is 2. The summed E-state index contributed by atoms with van der Waals surface area (Å²) in [6.07, 6.45) is 8.09. The maximum atomic E-state index is 13.5. The molecule has 1 atom stereocenters. The molecule has 1 N–H and O–H groups in total. The van der Waals surface area contributed by atoms with Crippen molar-refractivity contribution in [2.24, 2.45) is 5.92 Å². The van der Waals surface area contributed by atoms with Crippen LogP contribution in [0.5, 0.6) is 5.75 Å². The van der Waals surface area contributed by atoms with Gasteiger partial charge >= 0.3 is 6.09 Å². The van der Waals surface area contributed by atoms with Gasteiger partial charge in [0.05, 0.1) is 11.5 Å². The number of ether oxygens (including phenoxy) is 2. The van der Waals surface area contributed by atoms with E-state index in [2.05, 4.69) is 5.32 Å². The number of nitrogens with one attached hydrogen (secondary N) is 1. The summed E-state index contributed by atoms with van der Waals surface area (Å²) in [6.45, 7) is 7.38. The van der Waals surface area contributed by atoms with E-state index >= 15 is 0 Å². The molecule has 0 bridgehead atoms. The zero-order chi connectivity index (χ0) is 27.3. The van der Waals surface area contributed by atoms with Crippen LogP contribution in [0.4, 0.5) is 4.79 Å². The minimum Gasteiger partial charge on any atom is -0.493 e. The first-order valence-electron chi connectivity index (χ1n) is 14.1. The zero-order valence-corrected chi connectivity index (χ0v) is 23.8. The SMILES string of the molecule is CC(C)(C)OC(=O)NC1CCN(C(=O)[C@@H]2CCCN2S(=O)(=O)c2ccc(OCC3CCCCC3)cc2)CC1. The third-order valence-electron chi connectivity index (χ3n) is 7.66. The lowest BCUT2D eigenvalue weighted by atomic mass is 9.90. The fourth-order valence-electron chi connectivity index (χ4n) is 5.61. The Morgan fingerprint density at radius 1 is 0.921 bits per heavy atom. The van der Waals surface area contributed by atoms with Crippen LogP contribution in [-0.2, 0) is 19.6 Å². The van der Waals surface area contributed by atoms with Crippen LogP contribution in [0.3, 0.4) is 0 Å². The zero-order valence-electron chi connectivity index (χ0n) is 23.0. The Morgan fingerprint density at radius 3 is 2.21 bits per heavy atom. The van der Waals surface area contributed by atoms with Gasteiger partial charge in [-0.25, -0.2) is 13.2 Å². The van der Waals surface area contributed by atoms with E-state index in [1.807, 2.05) is 20.8 Å². The van der Waals surface area contributed by atoms with Crippen LogP contribution in [0.1, 0.15) is 78.6 Å². The van der Waals surface area contributed by atoms with Crippen LogP contribution in [-0.4, -0.2) is 73.5 Å². The summed E-state index contributed by atoms with van der Waals surface area (Å²) in [5, 5.41) is 2.88. The van der Waals surface area contributed by atoms with Gasteiger partial charge in [0.25, 0.3) is 0 Å². The standard InChI is InChI=1S/C28H43N3O6S/c1-28(2,3)37-27(33)29-22-15-18-30(19-16-22)26(32)25-10-7-17-31(25)38(34,35)24-13-11-23(12-14-24)36-20-21-8-5-4-6-9-21/h11-14,21-22,25H,4-10,15-20H2,1-3H3,(H,29,33)/t25-/m0/s1. The highest BCUT2D eigenvalue weighted by atomic mass is 32.2. The quantitative estimate of drug-likeness (QED) is 0.543. The Kier molecular flexibility index (Phi) is 9.23. The third kappa shape index (κ3) is 7.40. The minimum atomic E-state index is -3.81. The van der Waals surface area contributed by atoms with E-state index in [1.165, 1.54) is 36.4 Å². The number of carbonyl (C=O) groups excluding carboxylic acids is 2. The first-order chi connectivity index (χ1) is 18.0. The highest BCUT2D eigenvalue weighted by molar-refractivity contribution is 7.89. The van der Waals surface area contributed by atoms with Crippen LogP contribution >= 0.6 is 0 Å². The van der Waals surface area contributed by atoms with Crippen molar-refractivity contribution < 1.29 is 27.5 Å². The maximum absolute atomic E-state index is 13.5. The molecule has 2 amide bonds. The molecule has 0 radical (unpaired) electrons. The molecule has 2 saturated heterocycles. The summed E-state index contributed by atoms with van der Waals surface area (Å²) in [7, 11) is -3.81. The molecule has 2 heterocycles. The van der Waals surface area contributed by atoms with E-state index in [1.54, 1.807) is 29.2 Å². The third-order valence-corrected chi connectivity index (χ3v) is 9.58. The number of carbonyl (C=O) groups is 2. The Bertz CT molecular complexity index is 1060. The number of alkyl carbamates (subject to hydrolysis) is 1. The van der Waals surface area contributed by atoms with Gasteiger partial charge in [0, 0.05) is 25.7 Å². The number of rotatable bonds is 7. The normalized spacial score (nSPS) is 22.3. The summed E-state index contributed by atoms with van der Waals surface area (Å²) in [4.78, 5) is 27.4. The Labute approximate surface area is 227 Å². The molecule has 0 unspecified atom stereocenters. The molecular weight excluding hydrogens is 506 g/mol. The fourth-order valence-corrected chi connectivity index (χ4v) is 7.27. The van der Waals surface area contributed by atoms with Gasteiger partial charge in [-0.15, -0.1) is 0 Å². The van der Waals surface area contributed by atoms with Crippen molar-refractivity contribution in [3.05, 3.63) is 24.3 Å². The van der Waals surface area contributed by atoms with Crippen molar-refractivity contribution >= 4 is 22.0 Å². The summed E-state index contributed by atoms with van der Waals surface area (Å²) in [6, 6.07) is 5.82. The topological polar surface area (TPSA) is 105 Å². The van der Waals surface area contributed by atoms with Crippen molar-refractivity contribution in [2.45, 2.75) is 101 Å². The molecule has 4 rings (SSSR count). The average Bonchev–Trinajstić information content (AvgIpc) is 3.38. The molecule has 38 heavy (non-hydrogen) atoms. The predicted octanol–water partition coefficient (Wildman–Crippen LogP) is 4.31. The van der Waals surface area contributed by atoms with E-state index in [-0.39, 0.29) is 16.8 Å². The fraction of sp³-hybridized carbons (Fsp3) is 0.714. The van der Waals surface area contributed by atoms with Crippen LogP contribution in [0.15, 0.2) is 29.2 Å². The molecule has 1 saturated carbocycles. The average molecular weight is 550 g/mol. The lowest BCUT2D eigenvalue weighted by molar-refractivity contribution is -0.135. The van der Waals surface area contributed by atoms with E-state index < -0.39 is 27.8 Å². The van der Waals surface area contributed by atoms with Crippen molar-refractivity contribution in [1.29, 1.82) is 0 Å². The number of amides is 2. The molecule has 0 spiro atoms. The van der Waals surface area contributed by atoms with Gasteiger partial charge in [0.1, 0.15) is 17.4 Å². The van der Waals surface area contributed by atoms with Crippen LogP contribution in [0.2, 0.25) is 0 Å². The molecular formula is C28H43N3O6S. The summed E-state index contributed by atoms with van der Waals surface area (Å²) >= 11 is 0. The molecule has 3 aliphatic rings. The predicted molar refractivity (Wildman–Crippen MR) is 144 cm³/mol. The number of sulfonamides is 1. The second-order valence-corrected chi connectivity index (χ2v) is 13.7. The van der Waals surface area contributed by atoms with Crippen LogP contribution < -0.4 is 10.1 Å². The van der Waals surface area contributed by atoms with Crippen LogP contribution in [0, 0.1) is 5.92 Å². The Hall–Kier alpha value is -2.33. The molecule has 10 heteroatoms. The van der Waals surface area contributed by atoms with Crippen molar-refractivity contribution in [3.63, 3.8) is 0 Å². The number of hydrogen-bond acceptors (Lipinski definition) is 6. The van der Waals surface area contributed by atoms with Gasteiger partial charge in [-0.1, -0.05) is 19.3 Å². The van der Waals surface area contributed by atoms with Crippen molar-refractivity contribution in [1.82, 2.24) is 14.5 Å². The molecule has 1 aromatic carbocycles. The number of likely N-dealkylation sites (tertiary alicyclic amines) is 1. The highest BCUT2D eigenvalue weighted by Crippen LogP contribution is 2.30. The largest absolute Gasteiger partial charge is 0.493 e. The summed E-state index contributed by atoms with van der Waals surface area (Å²) in [5.74, 6) is 1.09. The molecule has 9 nitrogen and oxygen atoms in total. The van der Waals surface area contributed by atoms with E-state index in [0.717, 1.165) is 0 Å². The molecule has 1 aliphatic carbocycles. The van der Waals surface area contributed by atoms with Gasteiger partial charge < -0.3 is 19.7 Å². The molecule has 1 aromatic rings. The molecule has 2 aliphatic heterocycles. The molecule has 3 fully saturated rings. The van der Waals surface area contributed by atoms with Crippen molar-refractivity contribution in [2.75, 3.05) is 26.2 Å². The first kappa shape index (κ1) is 28.7. The van der Waals surface area contributed by atoms with E-state index in [0.29, 0.717) is 63.6 Å². The first-order valence-corrected chi connectivity index (χ1v) is 15.5. The Morgan fingerprint density at radius 2 is 1.58 bits per heavy atom. The molecule has 212 valence electrons. The second-order valence-electron chi connectivity index (χ2n) is 11.8. The minimum absolute atomic E-state index is 0.0730. The lowest BCUT2D eigenvalue weighted by Crippen LogP contribution is -2.52. The smallest absolute Gasteiger partial charge is 0.407 e. The van der Waals surface area contributed by atoms with Crippen molar-refractivity contribution in [3.8, 4) is 5.75 Å². The van der Waals surface area contributed by atoms with E-state index in [4.69, 9.17) is 9.47 Å². The monoisotopic (exact) mass is 549 g/mol. The number of benzene rings is 1. The second kappa shape index (κ2) is 12.2. The summed E-state index contributed by atoms with van der Waals surface area (Å²) < 4.78 is 39.6. The van der Waals surface area contributed by atoms with Gasteiger partial charge in [-0.3, -0.25) is 4.79 Å². The number of piperidine rings is 1. The lowest BCUT2D eigenvalue weighted by Gasteiger charge is -2.35. The van der Waals surface area contributed by atoms with Gasteiger partial charge in [0.15, 0.2) is 0 Å². The Balaban J connectivity index is 1.31. The van der Waals surface area contributed by atoms with Gasteiger partial charge in [-0.05, 0) is 89.5 Å². The molecule has 0 aromatic heterocycles. The van der Waals surface area contributed by atoms with Crippen LogP contribution in [0.25, 0.3) is 0 Å². The number of hydrogen-bond donors (Lipinski definition) is 1. The van der Waals surface area contributed by atoms with E-state index in [9.17, 15) is 18.0 Å². The van der Waals surface area contributed by atoms with Gasteiger partial charge in [-0.2, -0.15) is 4.31 Å². The van der Waals surface area contributed by atoms with Gasteiger partial charge in [0.2, 0.25) is 15.9 Å². The summed E-state index contributed by atoms with van der Waals surface area (Å²) in [5.41, 5.74) is -0.569. The highest BCUT2D eigenvalue weighted by Gasteiger charge is 2.42. The maximum Gasteiger partial charge on any atom is 0.407 e.